The molecule has 0 spiro atoms. The minimum absolute atomic E-state index is 0.0188. The number of carboxylic acids is 1. The van der Waals surface area contributed by atoms with Crippen molar-refractivity contribution in [3.05, 3.63) is 11.1 Å². The highest BCUT2D eigenvalue weighted by Crippen LogP contribution is 2.65. The van der Waals surface area contributed by atoms with Crippen LogP contribution in [0.25, 0.3) is 0 Å². The van der Waals surface area contributed by atoms with Crippen molar-refractivity contribution in [2.24, 2.45) is 16.7 Å². The van der Waals surface area contributed by atoms with Crippen LogP contribution in [0.15, 0.2) is 11.1 Å². The van der Waals surface area contributed by atoms with Crippen LogP contribution >= 0.6 is 0 Å². The number of aliphatic carboxylic acids is 1. The van der Waals surface area contributed by atoms with Gasteiger partial charge in [0.2, 0.25) is 0 Å². The maximum Gasteiger partial charge on any atom is 0.309 e. The third kappa shape index (κ3) is 1.21. The van der Waals surface area contributed by atoms with E-state index in [0.29, 0.717) is 12.3 Å². The fourth-order valence-corrected chi connectivity index (χ4v) is 4.61. The lowest BCUT2D eigenvalue weighted by atomic mass is 9.48. The molecule has 0 aromatic rings. The van der Waals surface area contributed by atoms with Crippen LogP contribution in [0.5, 0.6) is 0 Å². The van der Waals surface area contributed by atoms with Gasteiger partial charge >= 0.3 is 5.97 Å². The topological polar surface area (TPSA) is 57.5 Å². The second-order valence-corrected chi connectivity index (χ2v) is 7.22. The van der Waals surface area contributed by atoms with Crippen LogP contribution in [-0.4, -0.2) is 21.8 Å². The second-order valence-electron chi connectivity index (χ2n) is 7.22. The van der Waals surface area contributed by atoms with Gasteiger partial charge in [-0.15, -0.1) is 0 Å². The van der Waals surface area contributed by atoms with E-state index in [1.54, 1.807) is 0 Å². The third-order valence-electron chi connectivity index (χ3n) is 6.12. The van der Waals surface area contributed by atoms with Crippen molar-refractivity contribution in [3.63, 3.8) is 0 Å². The number of hydrogen-bond acceptors (Lipinski definition) is 2. The molecule has 0 unspecified atom stereocenters. The van der Waals surface area contributed by atoms with Crippen LogP contribution in [0.4, 0.5) is 0 Å². The van der Waals surface area contributed by atoms with E-state index in [-0.39, 0.29) is 5.41 Å². The largest absolute Gasteiger partial charge is 0.481 e. The highest BCUT2D eigenvalue weighted by atomic mass is 16.4. The molecule has 3 heteroatoms. The van der Waals surface area contributed by atoms with Crippen molar-refractivity contribution in [2.75, 3.05) is 0 Å². The smallest absolute Gasteiger partial charge is 0.309 e. The Balaban J connectivity index is 2.03. The molecule has 3 rings (SSSR count). The van der Waals surface area contributed by atoms with E-state index in [1.165, 1.54) is 5.57 Å². The zero-order valence-corrected chi connectivity index (χ0v) is 11.4. The summed E-state index contributed by atoms with van der Waals surface area (Å²) >= 11 is 0. The van der Waals surface area contributed by atoms with Gasteiger partial charge in [-0.2, -0.15) is 0 Å². The number of rotatable bonds is 1. The molecule has 0 aromatic heterocycles. The van der Waals surface area contributed by atoms with E-state index in [9.17, 15) is 15.0 Å². The first-order valence-corrected chi connectivity index (χ1v) is 6.88. The Morgan fingerprint density at radius 2 is 1.94 bits per heavy atom. The van der Waals surface area contributed by atoms with Gasteiger partial charge in [0.25, 0.3) is 0 Å². The monoisotopic (exact) mass is 250 g/mol. The zero-order chi connectivity index (χ0) is 13.3. The molecule has 0 aromatic carbocycles. The molecule has 0 radical (unpaired) electrons. The lowest BCUT2D eigenvalue weighted by Gasteiger charge is -2.59. The van der Waals surface area contributed by atoms with Gasteiger partial charge in [-0.3, -0.25) is 4.79 Å². The first kappa shape index (κ1) is 12.2. The standard InChI is InChI=1S/C15H22O3/c1-9-11-8-13(2,12(16)17)6-10(11)7-14(3)4-5-15(9,14)18/h10,18H,4-8H2,1-3H3,(H,16,17)/t10-,13-,14-,15-/m1/s1. The minimum Gasteiger partial charge on any atom is -0.481 e. The van der Waals surface area contributed by atoms with E-state index in [4.69, 9.17) is 0 Å². The number of carbonyl (C=O) groups is 1. The highest BCUT2D eigenvalue weighted by molar-refractivity contribution is 5.75. The summed E-state index contributed by atoms with van der Waals surface area (Å²) in [7, 11) is 0. The van der Waals surface area contributed by atoms with Crippen LogP contribution in [0.1, 0.15) is 52.9 Å². The quantitative estimate of drug-likeness (QED) is 0.703. The second kappa shape index (κ2) is 3.19. The molecule has 0 aliphatic heterocycles. The number of fused-ring (bicyclic) bond motifs is 2. The van der Waals surface area contributed by atoms with E-state index >= 15 is 0 Å². The van der Waals surface area contributed by atoms with Gasteiger partial charge in [0.05, 0.1) is 11.0 Å². The first-order chi connectivity index (χ1) is 8.22. The lowest BCUT2D eigenvalue weighted by Crippen LogP contribution is -2.59. The molecule has 0 bridgehead atoms. The van der Waals surface area contributed by atoms with E-state index in [1.807, 2.05) is 13.8 Å². The third-order valence-corrected chi connectivity index (χ3v) is 6.12. The zero-order valence-electron chi connectivity index (χ0n) is 11.4. The van der Waals surface area contributed by atoms with Gasteiger partial charge < -0.3 is 10.2 Å². The summed E-state index contributed by atoms with van der Waals surface area (Å²) in [6.07, 6.45) is 4.22. The van der Waals surface area contributed by atoms with Gasteiger partial charge in [0, 0.05) is 5.41 Å². The number of aliphatic hydroxyl groups is 1. The van der Waals surface area contributed by atoms with Crippen LogP contribution in [-0.2, 0) is 4.79 Å². The molecule has 0 heterocycles. The lowest BCUT2D eigenvalue weighted by molar-refractivity contribution is -0.150. The molecule has 0 amide bonds. The minimum atomic E-state index is -0.693. The van der Waals surface area contributed by atoms with Crippen LogP contribution < -0.4 is 0 Å². The average molecular weight is 250 g/mol. The maximum absolute atomic E-state index is 11.4. The van der Waals surface area contributed by atoms with Crippen molar-refractivity contribution >= 4 is 5.97 Å². The Morgan fingerprint density at radius 3 is 2.44 bits per heavy atom. The fourth-order valence-electron chi connectivity index (χ4n) is 4.61. The maximum atomic E-state index is 11.4. The Kier molecular flexibility index (Phi) is 2.16. The van der Waals surface area contributed by atoms with E-state index in [2.05, 4.69) is 6.92 Å². The molecule has 0 saturated heterocycles. The molecule has 2 fully saturated rings. The fraction of sp³-hybridized carbons (Fsp3) is 0.800. The SMILES string of the molecule is CC1=C2C[C@](C)(C(=O)O)C[C@@H]2C[C@@]2(C)CC[C@@]12O. The van der Waals surface area contributed by atoms with Gasteiger partial charge in [0.1, 0.15) is 0 Å². The Bertz CT molecular complexity index is 466. The molecule has 3 nitrogen and oxygen atoms in total. The van der Waals surface area contributed by atoms with Crippen molar-refractivity contribution in [2.45, 2.75) is 58.5 Å². The van der Waals surface area contributed by atoms with Crippen molar-refractivity contribution < 1.29 is 15.0 Å². The van der Waals surface area contributed by atoms with E-state index < -0.39 is 17.0 Å². The van der Waals surface area contributed by atoms with Crippen molar-refractivity contribution in [3.8, 4) is 0 Å². The predicted molar refractivity (Wildman–Crippen MR) is 68.1 cm³/mol. The highest BCUT2D eigenvalue weighted by Gasteiger charge is 2.62. The molecular formula is C15H22O3. The molecule has 3 aliphatic carbocycles. The first-order valence-electron chi connectivity index (χ1n) is 6.88. The normalized spacial score (nSPS) is 50.6. The van der Waals surface area contributed by atoms with Crippen LogP contribution in [0.3, 0.4) is 0 Å². The average Bonchev–Trinajstić information content (AvgIpc) is 2.63. The number of carboxylic acid groups (broad SMARTS) is 1. The number of allylic oxidation sites excluding steroid dienone is 1. The van der Waals surface area contributed by atoms with Gasteiger partial charge in [-0.25, -0.2) is 0 Å². The molecule has 2 N–H and O–H groups in total. The summed E-state index contributed by atoms with van der Waals surface area (Å²) in [6, 6.07) is 0. The van der Waals surface area contributed by atoms with Crippen molar-refractivity contribution in [1.82, 2.24) is 0 Å². The van der Waals surface area contributed by atoms with E-state index in [0.717, 1.165) is 31.3 Å². The van der Waals surface area contributed by atoms with Gasteiger partial charge in [-0.1, -0.05) is 12.5 Å². The Hall–Kier alpha value is -0.830. The summed E-state index contributed by atoms with van der Waals surface area (Å²) in [5.41, 5.74) is 1.02. The Morgan fingerprint density at radius 1 is 1.28 bits per heavy atom. The van der Waals surface area contributed by atoms with Crippen LogP contribution in [0.2, 0.25) is 0 Å². The number of hydrogen-bond donors (Lipinski definition) is 2. The molecule has 100 valence electrons. The molecule has 2 saturated carbocycles. The summed E-state index contributed by atoms with van der Waals surface area (Å²) in [5, 5.41) is 20.2. The molecule has 4 atom stereocenters. The Labute approximate surface area is 108 Å². The molecular weight excluding hydrogens is 228 g/mol. The van der Waals surface area contributed by atoms with Crippen LogP contribution in [0, 0.1) is 16.7 Å². The summed E-state index contributed by atoms with van der Waals surface area (Å²) in [6.45, 7) is 6.03. The predicted octanol–water partition coefficient (Wildman–Crippen LogP) is 2.74. The van der Waals surface area contributed by atoms with Crippen molar-refractivity contribution in [1.29, 1.82) is 0 Å². The summed E-state index contributed by atoms with van der Waals surface area (Å²) in [4.78, 5) is 11.4. The van der Waals surface area contributed by atoms with Gasteiger partial charge in [0.15, 0.2) is 0 Å². The van der Waals surface area contributed by atoms with Gasteiger partial charge in [-0.05, 0) is 57.4 Å². The molecule has 18 heavy (non-hydrogen) atoms. The molecule has 3 aliphatic rings. The summed E-state index contributed by atoms with van der Waals surface area (Å²) < 4.78 is 0. The summed E-state index contributed by atoms with van der Waals surface area (Å²) in [5.74, 6) is -0.321.